The molecule has 0 heterocycles. The lowest BCUT2D eigenvalue weighted by atomic mass is 9.99. The molecule has 2 aliphatic carbocycles. The molecule has 1 heteroatoms. The van der Waals surface area contributed by atoms with E-state index in [1.54, 1.807) is 11.1 Å². The average molecular weight is 154 g/mol. The summed E-state index contributed by atoms with van der Waals surface area (Å²) in [6, 6.07) is 0. The molecule has 0 radical (unpaired) electrons. The van der Waals surface area contributed by atoms with Gasteiger partial charge < -0.3 is 0 Å². The Morgan fingerprint density at radius 1 is 1.40 bits per heavy atom. The monoisotopic (exact) mass is 154 g/mol. The maximum absolute atomic E-state index is 4.25. The van der Waals surface area contributed by atoms with Crippen molar-refractivity contribution in [3.05, 3.63) is 11.1 Å². The molecule has 10 heavy (non-hydrogen) atoms. The van der Waals surface area contributed by atoms with Gasteiger partial charge in [0.2, 0.25) is 0 Å². The van der Waals surface area contributed by atoms with Crippen molar-refractivity contribution in [3.63, 3.8) is 0 Å². The van der Waals surface area contributed by atoms with Crippen molar-refractivity contribution in [1.29, 1.82) is 0 Å². The Morgan fingerprint density at radius 3 is 2.90 bits per heavy atom. The van der Waals surface area contributed by atoms with Gasteiger partial charge in [0.1, 0.15) is 0 Å². The Morgan fingerprint density at radius 2 is 2.30 bits per heavy atom. The van der Waals surface area contributed by atoms with Gasteiger partial charge >= 0.3 is 0 Å². The highest BCUT2D eigenvalue weighted by atomic mass is 32.1. The van der Waals surface area contributed by atoms with Crippen LogP contribution in [0.5, 0.6) is 0 Å². The molecule has 1 atom stereocenters. The number of rotatable bonds is 2. The summed E-state index contributed by atoms with van der Waals surface area (Å²) in [6.07, 6.45) is 7.04. The number of fused-ring (bicyclic) bond motifs is 1. The fraction of sp³-hybridized carbons (Fsp3) is 0.778. The van der Waals surface area contributed by atoms with Crippen LogP contribution in [-0.4, -0.2) is 5.75 Å². The molecule has 0 aromatic carbocycles. The first-order chi connectivity index (χ1) is 4.93. The number of hydrogen-bond acceptors (Lipinski definition) is 1. The van der Waals surface area contributed by atoms with E-state index < -0.39 is 0 Å². The van der Waals surface area contributed by atoms with E-state index in [9.17, 15) is 0 Å². The van der Waals surface area contributed by atoms with Gasteiger partial charge in [-0.15, -0.1) is 0 Å². The first kappa shape index (κ1) is 6.78. The summed E-state index contributed by atoms with van der Waals surface area (Å²) in [5.41, 5.74) is 3.58. The molecule has 1 fully saturated rings. The number of thiol groups is 1. The predicted molar refractivity (Wildman–Crippen MR) is 47.5 cm³/mol. The topological polar surface area (TPSA) is 0 Å². The first-order valence-corrected chi connectivity index (χ1v) is 4.89. The van der Waals surface area contributed by atoms with Gasteiger partial charge in [-0.1, -0.05) is 17.6 Å². The third-order valence-electron chi connectivity index (χ3n) is 2.74. The maximum Gasteiger partial charge on any atom is 0.00130 e. The molecule has 0 aromatic heterocycles. The van der Waals surface area contributed by atoms with Crippen LogP contribution in [0.2, 0.25) is 0 Å². The maximum atomic E-state index is 4.25. The Hall–Kier alpha value is 0.0900. The third kappa shape index (κ3) is 1.01. The lowest BCUT2D eigenvalue weighted by molar-refractivity contribution is 0.577. The minimum Gasteiger partial charge on any atom is -0.179 e. The minimum absolute atomic E-state index is 0.973. The fourth-order valence-electron chi connectivity index (χ4n) is 2.18. The van der Waals surface area contributed by atoms with Crippen molar-refractivity contribution in [2.75, 3.05) is 5.75 Å². The molecule has 2 rings (SSSR count). The molecule has 0 spiro atoms. The smallest absolute Gasteiger partial charge is 0.00130 e. The Kier molecular flexibility index (Phi) is 1.77. The van der Waals surface area contributed by atoms with Gasteiger partial charge in [-0.05, 0) is 31.4 Å². The van der Waals surface area contributed by atoms with Crippen molar-refractivity contribution in [1.82, 2.24) is 0 Å². The summed E-state index contributed by atoms with van der Waals surface area (Å²) in [7, 11) is 0. The quantitative estimate of drug-likeness (QED) is 0.459. The van der Waals surface area contributed by atoms with Crippen molar-refractivity contribution < 1.29 is 0 Å². The third-order valence-corrected chi connectivity index (χ3v) is 2.96. The molecule has 0 aliphatic heterocycles. The van der Waals surface area contributed by atoms with Crippen LogP contribution >= 0.6 is 12.6 Å². The van der Waals surface area contributed by atoms with Crippen molar-refractivity contribution in [3.8, 4) is 0 Å². The van der Waals surface area contributed by atoms with Gasteiger partial charge in [0, 0.05) is 5.92 Å². The van der Waals surface area contributed by atoms with E-state index in [-0.39, 0.29) is 0 Å². The molecule has 56 valence electrons. The Balaban J connectivity index is 1.93. The molecule has 0 aromatic rings. The van der Waals surface area contributed by atoms with Gasteiger partial charge in [-0.2, -0.15) is 12.6 Å². The van der Waals surface area contributed by atoms with E-state index in [1.807, 2.05) is 0 Å². The molecule has 0 bridgehead atoms. The van der Waals surface area contributed by atoms with E-state index in [1.165, 1.54) is 32.1 Å². The van der Waals surface area contributed by atoms with Crippen LogP contribution in [0, 0.1) is 5.92 Å². The highest BCUT2D eigenvalue weighted by Gasteiger charge is 2.36. The second-order valence-corrected chi connectivity index (χ2v) is 3.77. The molecule has 0 saturated heterocycles. The van der Waals surface area contributed by atoms with E-state index in [0.29, 0.717) is 0 Å². The summed E-state index contributed by atoms with van der Waals surface area (Å²) < 4.78 is 0. The number of allylic oxidation sites excluding steroid dienone is 2. The Labute approximate surface area is 68.1 Å². The SMILES string of the molecule is SCCC1=C2CCCCC12. The summed E-state index contributed by atoms with van der Waals surface area (Å²) in [6.45, 7) is 0. The van der Waals surface area contributed by atoms with Gasteiger partial charge in [0.15, 0.2) is 0 Å². The second-order valence-electron chi connectivity index (χ2n) is 3.32. The minimum atomic E-state index is 0.973. The zero-order chi connectivity index (χ0) is 6.97. The van der Waals surface area contributed by atoms with Crippen LogP contribution in [0.1, 0.15) is 32.1 Å². The Bertz CT molecular complexity index is 170. The summed E-state index contributed by atoms with van der Waals surface area (Å²) >= 11 is 4.25. The number of hydrogen-bond donors (Lipinski definition) is 1. The standard InChI is InChI=1S/C9H14S/c10-6-5-9-7-3-1-2-4-8(7)9/h7,10H,1-6H2. The highest BCUT2D eigenvalue weighted by Crippen LogP contribution is 2.50. The van der Waals surface area contributed by atoms with Crippen LogP contribution in [0.15, 0.2) is 11.1 Å². The molecular weight excluding hydrogens is 140 g/mol. The van der Waals surface area contributed by atoms with Crippen LogP contribution in [0.3, 0.4) is 0 Å². The average Bonchev–Trinajstić information content (AvgIpc) is 2.66. The molecule has 0 N–H and O–H groups in total. The fourth-order valence-corrected chi connectivity index (χ4v) is 2.42. The zero-order valence-corrected chi connectivity index (χ0v) is 7.16. The van der Waals surface area contributed by atoms with E-state index in [2.05, 4.69) is 12.6 Å². The largest absolute Gasteiger partial charge is 0.179 e. The van der Waals surface area contributed by atoms with Crippen LogP contribution in [0.25, 0.3) is 0 Å². The molecule has 1 saturated carbocycles. The van der Waals surface area contributed by atoms with Gasteiger partial charge in [-0.25, -0.2) is 0 Å². The zero-order valence-electron chi connectivity index (χ0n) is 6.27. The summed E-state index contributed by atoms with van der Waals surface area (Å²) in [5, 5.41) is 0. The van der Waals surface area contributed by atoms with Crippen molar-refractivity contribution >= 4 is 12.6 Å². The first-order valence-electron chi connectivity index (χ1n) is 4.26. The normalized spacial score (nSPS) is 30.3. The van der Waals surface area contributed by atoms with Crippen molar-refractivity contribution in [2.24, 2.45) is 5.92 Å². The molecule has 2 aliphatic rings. The van der Waals surface area contributed by atoms with Crippen LogP contribution in [-0.2, 0) is 0 Å². The van der Waals surface area contributed by atoms with E-state index in [0.717, 1.165) is 11.7 Å². The summed E-state index contributed by atoms with van der Waals surface area (Å²) in [4.78, 5) is 0. The molecular formula is C9H14S. The molecule has 1 unspecified atom stereocenters. The van der Waals surface area contributed by atoms with E-state index >= 15 is 0 Å². The predicted octanol–water partition coefficient (Wildman–Crippen LogP) is 2.81. The second kappa shape index (κ2) is 2.61. The van der Waals surface area contributed by atoms with Crippen LogP contribution in [0.4, 0.5) is 0 Å². The lowest BCUT2D eigenvalue weighted by Gasteiger charge is -2.06. The molecule has 0 nitrogen and oxygen atoms in total. The van der Waals surface area contributed by atoms with Gasteiger partial charge in [0.05, 0.1) is 0 Å². The molecule has 0 amide bonds. The van der Waals surface area contributed by atoms with E-state index in [4.69, 9.17) is 0 Å². The lowest BCUT2D eigenvalue weighted by Crippen LogP contribution is -1.91. The van der Waals surface area contributed by atoms with Gasteiger partial charge in [-0.3, -0.25) is 0 Å². The summed E-state index contributed by atoms with van der Waals surface area (Å²) in [5.74, 6) is 2.02. The highest BCUT2D eigenvalue weighted by molar-refractivity contribution is 7.80. The van der Waals surface area contributed by atoms with Crippen molar-refractivity contribution in [2.45, 2.75) is 32.1 Å². The van der Waals surface area contributed by atoms with Gasteiger partial charge in [0.25, 0.3) is 0 Å². The van der Waals surface area contributed by atoms with Crippen LogP contribution < -0.4 is 0 Å².